The maximum absolute atomic E-state index is 12.7. The number of nitrogens with zero attached hydrogens (tertiary/aromatic N) is 1. The lowest BCUT2D eigenvalue weighted by Crippen LogP contribution is -2.61. The lowest BCUT2D eigenvalue weighted by atomic mass is 9.61. The molecule has 3 heterocycles. The summed E-state index contributed by atoms with van der Waals surface area (Å²) in [7, 11) is 0. The first kappa shape index (κ1) is 19.3. The van der Waals surface area contributed by atoms with E-state index in [2.05, 4.69) is 22.5 Å². The molecule has 6 heteroatoms. The van der Waals surface area contributed by atoms with Crippen molar-refractivity contribution in [2.24, 2.45) is 11.8 Å². The molecule has 0 bridgehead atoms. The Balaban J connectivity index is 1.47. The Hall–Kier alpha value is -1.98. The summed E-state index contributed by atoms with van der Waals surface area (Å²) in [4.78, 5) is 27.5. The second-order valence-electron chi connectivity index (χ2n) is 8.76. The minimum atomic E-state index is -0.119. The van der Waals surface area contributed by atoms with Crippen molar-refractivity contribution < 1.29 is 14.0 Å². The summed E-state index contributed by atoms with van der Waals surface area (Å²) in [6.45, 7) is 3.55. The summed E-state index contributed by atoms with van der Waals surface area (Å²) >= 11 is 0. The largest absolute Gasteiger partial charge is 0.467 e. The summed E-state index contributed by atoms with van der Waals surface area (Å²) in [5.41, 5.74) is 0.0518. The quantitative estimate of drug-likeness (QED) is 0.806. The van der Waals surface area contributed by atoms with Crippen LogP contribution in [0.5, 0.6) is 0 Å². The first-order valence-corrected chi connectivity index (χ1v) is 11.0. The normalized spacial score (nSPS) is 32.4. The van der Waals surface area contributed by atoms with Crippen LogP contribution < -0.4 is 10.6 Å². The van der Waals surface area contributed by atoms with E-state index < -0.39 is 0 Å². The molecule has 1 saturated carbocycles. The zero-order valence-corrected chi connectivity index (χ0v) is 16.9. The smallest absolute Gasteiger partial charge is 0.315 e. The molecule has 0 unspecified atom stereocenters. The third-order valence-corrected chi connectivity index (χ3v) is 7.29. The third kappa shape index (κ3) is 3.53. The Morgan fingerprint density at radius 1 is 1.32 bits per heavy atom. The van der Waals surface area contributed by atoms with Gasteiger partial charge in [-0.1, -0.05) is 13.3 Å². The van der Waals surface area contributed by atoms with Crippen LogP contribution in [0.4, 0.5) is 4.79 Å². The highest BCUT2D eigenvalue weighted by atomic mass is 16.3. The Bertz CT molecular complexity index is 689. The van der Waals surface area contributed by atoms with Crippen LogP contribution in [-0.4, -0.2) is 35.0 Å². The van der Waals surface area contributed by atoms with Gasteiger partial charge in [0.2, 0.25) is 5.91 Å². The summed E-state index contributed by atoms with van der Waals surface area (Å²) in [5.74, 6) is 2.06. The highest BCUT2D eigenvalue weighted by molar-refractivity contribution is 5.78. The molecular formula is C22H33N3O3. The molecule has 3 amide bonds. The van der Waals surface area contributed by atoms with E-state index in [1.807, 2.05) is 12.1 Å². The van der Waals surface area contributed by atoms with Crippen molar-refractivity contribution in [3.05, 3.63) is 24.2 Å². The van der Waals surface area contributed by atoms with Gasteiger partial charge in [-0.25, -0.2) is 4.79 Å². The van der Waals surface area contributed by atoms with Gasteiger partial charge in [-0.05, 0) is 68.9 Å². The van der Waals surface area contributed by atoms with Crippen molar-refractivity contribution in [3.63, 3.8) is 0 Å². The molecule has 4 atom stereocenters. The fourth-order valence-corrected chi connectivity index (χ4v) is 6.21. The average molecular weight is 388 g/mol. The molecule has 0 aromatic carbocycles. The van der Waals surface area contributed by atoms with Gasteiger partial charge >= 0.3 is 6.03 Å². The summed E-state index contributed by atoms with van der Waals surface area (Å²) in [5, 5.41) is 6.19. The Morgan fingerprint density at radius 3 is 3.00 bits per heavy atom. The molecule has 1 aromatic rings. The van der Waals surface area contributed by atoms with E-state index in [0.29, 0.717) is 30.7 Å². The highest BCUT2D eigenvalue weighted by Gasteiger charge is 2.55. The molecule has 154 valence electrons. The summed E-state index contributed by atoms with van der Waals surface area (Å²) in [6.07, 6.45) is 10.9. The Morgan fingerprint density at radius 2 is 2.21 bits per heavy atom. The van der Waals surface area contributed by atoms with Crippen molar-refractivity contribution in [2.75, 3.05) is 6.54 Å². The van der Waals surface area contributed by atoms with E-state index in [1.54, 1.807) is 6.26 Å². The van der Waals surface area contributed by atoms with Crippen LogP contribution in [0.15, 0.2) is 22.8 Å². The lowest BCUT2D eigenvalue weighted by molar-refractivity contribution is -0.138. The lowest BCUT2D eigenvalue weighted by Gasteiger charge is -2.53. The average Bonchev–Trinajstić information content (AvgIpc) is 3.32. The number of amides is 3. The Labute approximate surface area is 167 Å². The second kappa shape index (κ2) is 8.18. The number of carbonyl (C=O) groups excluding carboxylic acids is 2. The fraction of sp³-hybridized carbons (Fsp3) is 0.727. The first-order chi connectivity index (χ1) is 13.6. The summed E-state index contributed by atoms with van der Waals surface area (Å²) < 4.78 is 5.29. The minimum Gasteiger partial charge on any atom is -0.467 e. The molecule has 4 rings (SSSR count). The maximum Gasteiger partial charge on any atom is 0.315 e. The number of nitrogens with one attached hydrogen (secondary N) is 2. The summed E-state index contributed by atoms with van der Waals surface area (Å²) in [6, 6.07) is 3.75. The zero-order valence-electron chi connectivity index (χ0n) is 16.9. The number of carbonyl (C=O) groups is 2. The third-order valence-electron chi connectivity index (χ3n) is 7.29. The molecular weight excluding hydrogens is 354 g/mol. The molecule has 6 nitrogen and oxygen atoms in total. The molecule has 1 spiro atoms. The first-order valence-electron chi connectivity index (χ1n) is 11.0. The van der Waals surface area contributed by atoms with E-state index in [9.17, 15) is 9.59 Å². The van der Waals surface area contributed by atoms with Crippen LogP contribution in [-0.2, 0) is 11.3 Å². The van der Waals surface area contributed by atoms with Crippen LogP contribution in [0.1, 0.15) is 70.5 Å². The van der Waals surface area contributed by atoms with Crippen LogP contribution in [0.3, 0.4) is 0 Å². The van der Waals surface area contributed by atoms with Crippen molar-refractivity contribution in [3.8, 4) is 0 Å². The van der Waals surface area contributed by atoms with Gasteiger partial charge < -0.3 is 20.0 Å². The van der Waals surface area contributed by atoms with Gasteiger partial charge in [0.05, 0.1) is 12.8 Å². The van der Waals surface area contributed by atoms with E-state index in [4.69, 9.17) is 4.42 Å². The molecule has 3 fully saturated rings. The van der Waals surface area contributed by atoms with Crippen molar-refractivity contribution in [2.45, 2.75) is 82.8 Å². The monoisotopic (exact) mass is 387 g/mol. The van der Waals surface area contributed by atoms with Gasteiger partial charge in [-0.3, -0.25) is 4.79 Å². The number of hydrogen-bond donors (Lipinski definition) is 2. The SMILES string of the molecule is CCC[C@H]1[C@@H](NC(=O)NCc2ccco2)CC[C@@]23CCCN2C(=O)CCC[C@@H]13. The predicted octanol–water partition coefficient (Wildman–Crippen LogP) is 3.82. The highest BCUT2D eigenvalue weighted by Crippen LogP contribution is 2.52. The van der Waals surface area contributed by atoms with Gasteiger partial charge in [-0.15, -0.1) is 0 Å². The van der Waals surface area contributed by atoms with Crippen LogP contribution >= 0.6 is 0 Å². The van der Waals surface area contributed by atoms with Gasteiger partial charge in [0.15, 0.2) is 0 Å². The van der Waals surface area contributed by atoms with E-state index >= 15 is 0 Å². The van der Waals surface area contributed by atoms with Crippen LogP contribution in [0.2, 0.25) is 0 Å². The fourth-order valence-electron chi connectivity index (χ4n) is 6.21. The van der Waals surface area contributed by atoms with Crippen LogP contribution in [0, 0.1) is 11.8 Å². The van der Waals surface area contributed by atoms with Gasteiger partial charge in [0, 0.05) is 24.5 Å². The van der Waals surface area contributed by atoms with E-state index in [-0.39, 0.29) is 17.6 Å². The predicted molar refractivity (Wildman–Crippen MR) is 107 cm³/mol. The zero-order chi connectivity index (χ0) is 19.6. The van der Waals surface area contributed by atoms with E-state index in [0.717, 1.165) is 63.7 Å². The number of urea groups is 1. The number of rotatable bonds is 5. The second-order valence-corrected chi connectivity index (χ2v) is 8.76. The molecule has 2 aliphatic heterocycles. The van der Waals surface area contributed by atoms with E-state index in [1.165, 1.54) is 0 Å². The molecule has 2 saturated heterocycles. The molecule has 2 N–H and O–H groups in total. The van der Waals surface area contributed by atoms with Crippen molar-refractivity contribution >= 4 is 11.9 Å². The molecule has 1 aromatic heterocycles. The molecule has 28 heavy (non-hydrogen) atoms. The molecule has 1 aliphatic carbocycles. The minimum absolute atomic E-state index is 0.0518. The van der Waals surface area contributed by atoms with Gasteiger partial charge in [0.1, 0.15) is 5.76 Å². The van der Waals surface area contributed by atoms with Gasteiger partial charge in [0.25, 0.3) is 0 Å². The maximum atomic E-state index is 12.7. The van der Waals surface area contributed by atoms with Gasteiger partial charge in [-0.2, -0.15) is 0 Å². The number of hydrogen-bond acceptors (Lipinski definition) is 3. The van der Waals surface area contributed by atoms with Crippen molar-refractivity contribution in [1.29, 1.82) is 0 Å². The topological polar surface area (TPSA) is 74.6 Å². The number of furan rings is 1. The Kier molecular flexibility index (Phi) is 5.65. The molecule has 3 aliphatic rings. The molecule has 0 radical (unpaired) electrons. The standard InChI is InChI=1S/C22H33N3O3/c1-2-6-17-18-8-3-9-20(26)25-13-5-11-22(18,25)12-10-19(17)24-21(27)23-15-16-7-4-14-28-16/h4,7,14,17-19H,2-3,5-6,8-13,15H2,1H3,(H2,23,24,27)/t17-,18+,19+,22-/m1/s1. The van der Waals surface area contributed by atoms with Crippen molar-refractivity contribution in [1.82, 2.24) is 15.5 Å². The van der Waals surface area contributed by atoms with Crippen LogP contribution in [0.25, 0.3) is 0 Å².